The van der Waals surface area contributed by atoms with Crippen LogP contribution in [-0.2, 0) is 9.53 Å². The van der Waals surface area contributed by atoms with E-state index in [0.717, 1.165) is 0 Å². The van der Waals surface area contributed by atoms with E-state index in [1.54, 1.807) is 0 Å². The summed E-state index contributed by atoms with van der Waals surface area (Å²) >= 11 is 0. The lowest BCUT2D eigenvalue weighted by atomic mass is 10.2. The van der Waals surface area contributed by atoms with Crippen molar-refractivity contribution in [3.05, 3.63) is 0 Å². The van der Waals surface area contributed by atoms with Gasteiger partial charge in [0.15, 0.2) is 0 Å². The smallest absolute Gasteiger partial charge is 0.222 e. The Hall–Kier alpha value is -0.610. The van der Waals surface area contributed by atoms with E-state index in [2.05, 4.69) is 5.32 Å². The van der Waals surface area contributed by atoms with Crippen LogP contribution < -0.4 is 11.1 Å². The molecule has 1 aliphatic rings. The maximum absolute atomic E-state index is 10.8. The van der Waals surface area contributed by atoms with Crippen molar-refractivity contribution in [1.29, 1.82) is 0 Å². The second-order valence-electron chi connectivity index (χ2n) is 2.28. The second kappa shape index (κ2) is 3.53. The lowest BCUT2D eigenvalue weighted by molar-refractivity contribution is -0.121. The monoisotopic (exact) mass is 144 g/mol. The summed E-state index contributed by atoms with van der Waals surface area (Å²) < 4.78 is 5.21. The standard InChI is InChI=1S/C6H12N2O2/c7-4-5-3-6(9)8-1-2-10-5/h5H,1-4,7H2,(H,8,9). The Morgan fingerprint density at radius 3 is 3.30 bits per heavy atom. The number of carbonyl (C=O) groups excluding carboxylic acids is 1. The highest BCUT2D eigenvalue weighted by Gasteiger charge is 2.15. The van der Waals surface area contributed by atoms with Gasteiger partial charge >= 0.3 is 0 Å². The number of hydrogen-bond donors (Lipinski definition) is 2. The summed E-state index contributed by atoms with van der Waals surface area (Å²) in [6.45, 7) is 1.61. The topological polar surface area (TPSA) is 64.4 Å². The summed E-state index contributed by atoms with van der Waals surface area (Å²) in [5.41, 5.74) is 5.33. The van der Waals surface area contributed by atoms with Gasteiger partial charge in [-0.05, 0) is 0 Å². The van der Waals surface area contributed by atoms with Gasteiger partial charge in [-0.15, -0.1) is 0 Å². The summed E-state index contributed by atoms with van der Waals surface area (Å²) in [4.78, 5) is 10.8. The third kappa shape index (κ3) is 1.97. The fraction of sp³-hybridized carbons (Fsp3) is 0.833. The first-order valence-corrected chi connectivity index (χ1v) is 3.41. The van der Waals surface area contributed by atoms with Crippen molar-refractivity contribution >= 4 is 5.91 Å². The molecular weight excluding hydrogens is 132 g/mol. The molecule has 1 fully saturated rings. The predicted molar refractivity (Wildman–Crippen MR) is 36.4 cm³/mol. The molecule has 0 saturated carbocycles. The zero-order chi connectivity index (χ0) is 7.40. The number of carbonyl (C=O) groups is 1. The molecule has 58 valence electrons. The quantitative estimate of drug-likeness (QED) is 0.488. The number of nitrogens with two attached hydrogens (primary N) is 1. The van der Waals surface area contributed by atoms with E-state index in [9.17, 15) is 4.79 Å². The van der Waals surface area contributed by atoms with Crippen LogP contribution in [0, 0.1) is 0 Å². The van der Waals surface area contributed by atoms with E-state index in [0.29, 0.717) is 26.1 Å². The average Bonchev–Trinajstić information content (AvgIpc) is 2.13. The third-order valence-corrected chi connectivity index (χ3v) is 1.45. The Labute approximate surface area is 59.7 Å². The van der Waals surface area contributed by atoms with Crippen molar-refractivity contribution in [1.82, 2.24) is 5.32 Å². The lowest BCUT2D eigenvalue weighted by Crippen LogP contribution is -2.27. The summed E-state index contributed by atoms with van der Waals surface area (Å²) in [6.07, 6.45) is 0.318. The average molecular weight is 144 g/mol. The normalized spacial score (nSPS) is 27.3. The maximum Gasteiger partial charge on any atom is 0.222 e. The molecule has 4 heteroatoms. The molecule has 0 bridgehead atoms. The number of ether oxygens (including phenoxy) is 1. The van der Waals surface area contributed by atoms with Crippen molar-refractivity contribution in [3.63, 3.8) is 0 Å². The first-order valence-electron chi connectivity index (χ1n) is 3.41. The molecule has 0 spiro atoms. The van der Waals surface area contributed by atoms with E-state index in [4.69, 9.17) is 10.5 Å². The van der Waals surface area contributed by atoms with Crippen molar-refractivity contribution in [2.75, 3.05) is 19.7 Å². The fourth-order valence-corrected chi connectivity index (χ4v) is 0.905. The van der Waals surface area contributed by atoms with Crippen LogP contribution in [0.15, 0.2) is 0 Å². The maximum atomic E-state index is 10.8. The van der Waals surface area contributed by atoms with Crippen molar-refractivity contribution in [3.8, 4) is 0 Å². The Bertz CT molecular complexity index is 127. The SMILES string of the molecule is NCC1CC(=O)NCCO1. The molecule has 0 aromatic rings. The van der Waals surface area contributed by atoms with Gasteiger partial charge in [0.2, 0.25) is 5.91 Å². The van der Waals surface area contributed by atoms with Crippen LogP contribution in [-0.4, -0.2) is 31.7 Å². The molecule has 3 N–H and O–H groups in total. The van der Waals surface area contributed by atoms with Gasteiger partial charge < -0.3 is 15.8 Å². The molecule has 1 aliphatic heterocycles. The van der Waals surface area contributed by atoms with Gasteiger partial charge in [-0.25, -0.2) is 0 Å². The fourth-order valence-electron chi connectivity index (χ4n) is 0.905. The van der Waals surface area contributed by atoms with Crippen LogP contribution in [0.2, 0.25) is 0 Å². The molecule has 0 aromatic carbocycles. The Balaban J connectivity index is 2.38. The molecule has 0 aromatic heterocycles. The van der Waals surface area contributed by atoms with Crippen LogP contribution in [0.4, 0.5) is 0 Å². The van der Waals surface area contributed by atoms with Gasteiger partial charge in [-0.2, -0.15) is 0 Å². The minimum absolute atomic E-state index is 0.0351. The molecular formula is C6H12N2O2. The predicted octanol–water partition coefficient (Wildman–Crippen LogP) is -1.15. The molecule has 1 saturated heterocycles. The lowest BCUT2D eigenvalue weighted by Gasteiger charge is -2.08. The first kappa shape index (κ1) is 7.50. The molecule has 1 amide bonds. The van der Waals surface area contributed by atoms with Crippen molar-refractivity contribution in [2.45, 2.75) is 12.5 Å². The van der Waals surface area contributed by atoms with Crippen LogP contribution in [0.25, 0.3) is 0 Å². The molecule has 1 unspecified atom stereocenters. The zero-order valence-corrected chi connectivity index (χ0v) is 5.80. The molecule has 10 heavy (non-hydrogen) atoms. The highest BCUT2D eigenvalue weighted by atomic mass is 16.5. The van der Waals surface area contributed by atoms with E-state index in [-0.39, 0.29) is 12.0 Å². The zero-order valence-electron chi connectivity index (χ0n) is 5.80. The van der Waals surface area contributed by atoms with E-state index in [1.807, 2.05) is 0 Å². The minimum atomic E-state index is -0.0810. The van der Waals surface area contributed by atoms with Crippen LogP contribution in [0.3, 0.4) is 0 Å². The van der Waals surface area contributed by atoms with Crippen LogP contribution in [0.5, 0.6) is 0 Å². The molecule has 1 rings (SSSR count). The Morgan fingerprint density at radius 2 is 2.60 bits per heavy atom. The second-order valence-corrected chi connectivity index (χ2v) is 2.28. The summed E-state index contributed by atoms with van der Waals surface area (Å²) in [7, 11) is 0. The van der Waals surface area contributed by atoms with Crippen LogP contribution in [0.1, 0.15) is 6.42 Å². The highest BCUT2D eigenvalue weighted by Crippen LogP contribution is 1.98. The first-order chi connectivity index (χ1) is 4.83. The molecule has 4 nitrogen and oxygen atoms in total. The van der Waals surface area contributed by atoms with E-state index in [1.165, 1.54) is 0 Å². The van der Waals surface area contributed by atoms with Gasteiger partial charge in [0.05, 0.1) is 19.1 Å². The third-order valence-electron chi connectivity index (χ3n) is 1.45. The van der Waals surface area contributed by atoms with Crippen molar-refractivity contribution in [2.24, 2.45) is 5.73 Å². The highest BCUT2D eigenvalue weighted by molar-refractivity contribution is 5.76. The number of rotatable bonds is 1. The van der Waals surface area contributed by atoms with E-state index >= 15 is 0 Å². The van der Waals surface area contributed by atoms with E-state index < -0.39 is 0 Å². The molecule has 0 radical (unpaired) electrons. The Kier molecular flexibility index (Phi) is 2.65. The van der Waals surface area contributed by atoms with Gasteiger partial charge in [0, 0.05) is 13.1 Å². The van der Waals surface area contributed by atoms with Crippen LogP contribution >= 0.6 is 0 Å². The summed E-state index contributed by atoms with van der Waals surface area (Å²) in [5, 5.41) is 2.69. The summed E-state index contributed by atoms with van der Waals surface area (Å²) in [6, 6.07) is 0. The number of amides is 1. The largest absolute Gasteiger partial charge is 0.375 e. The van der Waals surface area contributed by atoms with Gasteiger partial charge in [0.1, 0.15) is 0 Å². The number of hydrogen-bond acceptors (Lipinski definition) is 3. The van der Waals surface area contributed by atoms with Gasteiger partial charge in [-0.1, -0.05) is 0 Å². The minimum Gasteiger partial charge on any atom is -0.375 e. The number of nitrogens with one attached hydrogen (secondary N) is 1. The molecule has 1 heterocycles. The Morgan fingerprint density at radius 1 is 1.80 bits per heavy atom. The van der Waals surface area contributed by atoms with Crippen molar-refractivity contribution < 1.29 is 9.53 Å². The summed E-state index contributed by atoms with van der Waals surface area (Å²) in [5.74, 6) is 0.0351. The molecule has 0 aliphatic carbocycles. The molecule has 1 atom stereocenters. The van der Waals surface area contributed by atoms with Gasteiger partial charge in [-0.3, -0.25) is 4.79 Å². The van der Waals surface area contributed by atoms with Gasteiger partial charge in [0.25, 0.3) is 0 Å².